The molecule has 1 fully saturated rings. The third kappa shape index (κ3) is 4.30. The minimum absolute atomic E-state index is 0.0161. The molecule has 1 aromatic rings. The zero-order valence-corrected chi connectivity index (χ0v) is 11.3. The molecule has 0 aromatic heterocycles. The Morgan fingerprint density at radius 2 is 2.05 bits per heavy atom. The Hall–Kier alpha value is -1.43. The van der Waals surface area contributed by atoms with E-state index in [1.165, 1.54) is 6.07 Å². The first kappa shape index (κ1) is 15.0. The van der Waals surface area contributed by atoms with Gasteiger partial charge in [-0.3, -0.25) is 4.79 Å². The summed E-state index contributed by atoms with van der Waals surface area (Å²) in [5.41, 5.74) is -0.507. The van der Waals surface area contributed by atoms with Gasteiger partial charge >= 0.3 is 6.18 Å². The van der Waals surface area contributed by atoms with Crippen molar-refractivity contribution in [3.8, 4) is 0 Å². The SMILES string of the molecule is O=C(CNc1ccc(C(F)(F)F)cc1Cl)NCC1CC1. The van der Waals surface area contributed by atoms with Crippen molar-refractivity contribution in [3.63, 3.8) is 0 Å². The van der Waals surface area contributed by atoms with E-state index in [0.29, 0.717) is 18.2 Å². The van der Waals surface area contributed by atoms with Crippen LogP contribution in [0.25, 0.3) is 0 Å². The van der Waals surface area contributed by atoms with Gasteiger partial charge in [0, 0.05) is 6.54 Å². The fourth-order valence-electron chi connectivity index (χ4n) is 1.65. The number of carbonyl (C=O) groups excluding carboxylic acids is 1. The molecule has 1 aliphatic carbocycles. The van der Waals surface area contributed by atoms with Crippen molar-refractivity contribution in [2.45, 2.75) is 19.0 Å². The van der Waals surface area contributed by atoms with Gasteiger partial charge in [-0.15, -0.1) is 0 Å². The van der Waals surface area contributed by atoms with Crippen LogP contribution in [0.3, 0.4) is 0 Å². The van der Waals surface area contributed by atoms with Gasteiger partial charge in [0.15, 0.2) is 0 Å². The van der Waals surface area contributed by atoms with Crippen LogP contribution in [0.4, 0.5) is 18.9 Å². The van der Waals surface area contributed by atoms with E-state index in [-0.39, 0.29) is 17.5 Å². The zero-order valence-electron chi connectivity index (χ0n) is 10.6. The Kier molecular flexibility index (Phi) is 4.42. The fraction of sp³-hybridized carbons (Fsp3) is 0.462. The first-order valence-corrected chi connectivity index (χ1v) is 6.61. The number of alkyl halides is 3. The van der Waals surface area contributed by atoms with Crippen LogP contribution in [0.1, 0.15) is 18.4 Å². The topological polar surface area (TPSA) is 41.1 Å². The number of amides is 1. The Morgan fingerprint density at radius 1 is 1.35 bits per heavy atom. The third-order valence-electron chi connectivity index (χ3n) is 3.02. The number of benzene rings is 1. The first-order valence-electron chi connectivity index (χ1n) is 6.23. The van der Waals surface area contributed by atoms with E-state index in [9.17, 15) is 18.0 Å². The van der Waals surface area contributed by atoms with Crippen LogP contribution >= 0.6 is 11.6 Å². The lowest BCUT2D eigenvalue weighted by molar-refractivity contribution is -0.137. The van der Waals surface area contributed by atoms with Gasteiger partial charge in [0.25, 0.3) is 0 Å². The molecule has 2 N–H and O–H groups in total. The second kappa shape index (κ2) is 5.91. The van der Waals surface area contributed by atoms with Crippen molar-refractivity contribution in [2.24, 2.45) is 5.92 Å². The molecule has 110 valence electrons. The predicted molar refractivity (Wildman–Crippen MR) is 70.7 cm³/mol. The van der Waals surface area contributed by atoms with Crippen LogP contribution in [-0.2, 0) is 11.0 Å². The summed E-state index contributed by atoms with van der Waals surface area (Å²) in [6.07, 6.45) is -2.15. The number of halogens is 4. The third-order valence-corrected chi connectivity index (χ3v) is 3.33. The molecule has 7 heteroatoms. The molecule has 3 nitrogen and oxygen atoms in total. The molecule has 1 saturated carbocycles. The first-order chi connectivity index (χ1) is 9.36. The average Bonchev–Trinajstić information content (AvgIpc) is 3.17. The minimum Gasteiger partial charge on any atom is -0.375 e. The van der Waals surface area contributed by atoms with Crippen molar-refractivity contribution in [3.05, 3.63) is 28.8 Å². The molecule has 0 spiro atoms. The van der Waals surface area contributed by atoms with Gasteiger partial charge in [0.1, 0.15) is 0 Å². The number of anilines is 1. The molecule has 0 heterocycles. The molecule has 1 amide bonds. The van der Waals surface area contributed by atoms with E-state index in [1.807, 2.05) is 0 Å². The molecule has 0 bridgehead atoms. The van der Waals surface area contributed by atoms with Crippen molar-refractivity contribution < 1.29 is 18.0 Å². The number of carbonyl (C=O) groups is 1. The highest BCUT2D eigenvalue weighted by Crippen LogP contribution is 2.33. The average molecular weight is 307 g/mol. The maximum absolute atomic E-state index is 12.5. The largest absolute Gasteiger partial charge is 0.416 e. The molecular formula is C13H14ClF3N2O. The summed E-state index contributed by atoms with van der Waals surface area (Å²) in [5.74, 6) is 0.376. The summed E-state index contributed by atoms with van der Waals surface area (Å²) >= 11 is 5.76. The summed E-state index contributed by atoms with van der Waals surface area (Å²) in [7, 11) is 0. The summed E-state index contributed by atoms with van der Waals surface area (Å²) in [5, 5.41) is 5.41. The molecule has 1 aliphatic rings. The summed E-state index contributed by atoms with van der Waals surface area (Å²) in [6, 6.07) is 2.99. The van der Waals surface area contributed by atoms with Gasteiger partial charge in [-0.1, -0.05) is 11.6 Å². The van der Waals surface area contributed by atoms with Crippen molar-refractivity contribution >= 4 is 23.2 Å². The molecule has 0 saturated heterocycles. The fourth-order valence-corrected chi connectivity index (χ4v) is 1.90. The van der Waals surface area contributed by atoms with Gasteiger partial charge in [-0.25, -0.2) is 0 Å². The van der Waals surface area contributed by atoms with Gasteiger partial charge in [0.05, 0.1) is 22.8 Å². The molecule has 2 rings (SSSR count). The predicted octanol–water partition coefficient (Wildman–Crippen LogP) is 3.30. The van der Waals surface area contributed by atoms with Crippen LogP contribution in [-0.4, -0.2) is 19.0 Å². The number of nitrogens with one attached hydrogen (secondary N) is 2. The van der Waals surface area contributed by atoms with E-state index in [1.54, 1.807) is 0 Å². The van der Waals surface area contributed by atoms with Gasteiger partial charge in [-0.05, 0) is 37.0 Å². The van der Waals surface area contributed by atoms with Crippen molar-refractivity contribution in [1.82, 2.24) is 5.32 Å². The highest BCUT2D eigenvalue weighted by molar-refractivity contribution is 6.33. The van der Waals surface area contributed by atoms with Crippen LogP contribution in [0.15, 0.2) is 18.2 Å². The van der Waals surface area contributed by atoms with E-state index < -0.39 is 11.7 Å². The van der Waals surface area contributed by atoms with Gasteiger partial charge in [-0.2, -0.15) is 13.2 Å². The van der Waals surface area contributed by atoms with Gasteiger partial charge in [0.2, 0.25) is 5.91 Å². The maximum Gasteiger partial charge on any atom is 0.416 e. The summed E-state index contributed by atoms with van der Waals surface area (Å²) in [6.45, 7) is 0.638. The molecule has 0 unspecified atom stereocenters. The molecule has 0 atom stereocenters. The molecule has 0 radical (unpaired) electrons. The van der Waals surface area contributed by atoms with Crippen molar-refractivity contribution in [1.29, 1.82) is 0 Å². The lowest BCUT2D eigenvalue weighted by Gasteiger charge is -2.11. The van der Waals surface area contributed by atoms with E-state index >= 15 is 0 Å². The number of hydrogen-bond donors (Lipinski definition) is 2. The summed E-state index contributed by atoms with van der Waals surface area (Å²) in [4.78, 5) is 11.5. The quantitative estimate of drug-likeness (QED) is 0.876. The van der Waals surface area contributed by atoms with Crippen LogP contribution in [0.5, 0.6) is 0 Å². The zero-order chi connectivity index (χ0) is 14.8. The van der Waals surface area contributed by atoms with E-state index in [0.717, 1.165) is 25.0 Å². The van der Waals surface area contributed by atoms with Crippen LogP contribution in [0.2, 0.25) is 5.02 Å². The van der Waals surface area contributed by atoms with Crippen LogP contribution < -0.4 is 10.6 Å². The normalized spacial score (nSPS) is 15.0. The summed E-state index contributed by atoms with van der Waals surface area (Å²) < 4.78 is 37.4. The second-order valence-corrected chi connectivity index (χ2v) is 5.20. The molecule has 1 aromatic carbocycles. The van der Waals surface area contributed by atoms with Crippen LogP contribution in [0, 0.1) is 5.92 Å². The molecule has 0 aliphatic heterocycles. The highest BCUT2D eigenvalue weighted by atomic mass is 35.5. The van der Waals surface area contributed by atoms with E-state index in [4.69, 9.17) is 11.6 Å². The Bertz CT molecular complexity index is 501. The Labute approximate surface area is 119 Å². The molecule has 20 heavy (non-hydrogen) atoms. The monoisotopic (exact) mass is 306 g/mol. The lowest BCUT2D eigenvalue weighted by atomic mass is 10.2. The van der Waals surface area contributed by atoms with E-state index in [2.05, 4.69) is 10.6 Å². The standard InChI is InChI=1S/C13H14ClF3N2O/c14-10-5-9(13(15,16)17)3-4-11(10)18-7-12(20)19-6-8-1-2-8/h3-5,8,18H,1-2,6-7H2,(H,19,20). The van der Waals surface area contributed by atoms with Crippen molar-refractivity contribution in [2.75, 3.05) is 18.4 Å². The Morgan fingerprint density at radius 3 is 2.60 bits per heavy atom. The lowest BCUT2D eigenvalue weighted by Crippen LogP contribution is -2.31. The highest BCUT2D eigenvalue weighted by Gasteiger charge is 2.30. The minimum atomic E-state index is -4.43. The molecular weight excluding hydrogens is 293 g/mol. The number of rotatable bonds is 5. The number of hydrogen-bond acceptors (Lipinski definition) is 2. The second-order valence-electron chi connectivity index (χ2n) is 4.79. The Balaban J connectivity index is 1.87. The maximum atomic E-state index is 12.5. The van der Waals surface area contributed by atoms with Gasteiger partial charge < -0.3 is 10.6 Å². The smallest absolute Gasteiger partial charge is 0.375 e.